The van der Waals surface area contributed by atoms with Gasteiger partial charge in [0, 0.05) is 18.8 Å². The molecule has 0 aliphatic carbocycles. The lowest BCUT2D eigenvalue weighted by Crippen LogP contribution is -2.09. The standard InChI is InChI=1S/C19H18N2O/c1-21(17-10-6-3-7-11-17)18-12-13-19(20-14-18)22-15-16-8-4-2-5-9-16/h2-14H,15H2,1H3. The highest BCUT2D eigenvalue weighted by molar-refractivity contribution is 5.61. The highest BCUT2D eigenvalue weighted by Crippen LogP contribution is 2.23. The van der Waals surface area contributed by atoms with E-state index >= 15 is 0 Å². The number of rotatable bonds is 5. The lowest BCUT2D eigenvalue weighted by molar-refractivity contribution is 0.294. The maximum atomic E-state index is 5.70. The van der Waals surface area contributed by atoms with Crippen LogP contribution in [-0.2, 0) is 6.61 Å². The van der Waals surface area contributed by atoms with E-state index in [-0.39, 0.29) is 0 Å². The molecule has 0 saturated heterocycles. The maximum Gasteiger partial charge on any atom is 0.213 e. The lowest BCUT2D eigenvalue weighted by atomic mass is 10.2. The second kappa shape index (κ2) is 6.76. The third kappa shape index (κ3) is 3.44. The van der Waals surface area contributed by atoms with Crippen molar-refractivity contribution in [2.75, 3.05) is 11.9 Å². The van der Waals surface area contributed by atoms with Crippen LogP contribution in [0.25, 0.3) is 0 Å². The molecule has 1 heterocycles. The molecule has 0 saturated carbocycles. The average Bonchev–Trinajstić information content (AvgIpc) is 2.61. The SMILES string of the molecule is CN(c1ccccc1)c1ccc(OCc2ccccc2)nc1. The molecule has 2 aromatic carbocycles. The van der Waals surface area contributed by atoms with Gasteiger partial charge in [0.25, 0.3) is 0 Å². The van der Waals surface area contributed by atoms with Gasteiger partial charge in [-0.3, -0.25) is 0 Å². The number of pyridine rings is 1. The summed E-state index contributed by atoms with van der Waals surface area (Å²) in [6, 6.07) is 24.2. The van der Waals surface area contributed by atoms with Crippen molar-refractivity contribution in [1.82, 2.24) is 4.98 Å². The molecule has 3 heteroatoms. The van der Waals surface area contributed by atoms with E-state index in [0.29, 0.717) is 12.5 Å². The van der Waals surface area contributed by atoms with Crippen molar-refractivity contribution in [2.45, 2.75) is 6.61 Å². The first-order chi connectivity index (χ1) is 10.8. The highest BCUT2D eigenvalue weighted by atomic mass is 16.5. The van der Waals surface area contributed by atoms with E-state index in [1.165, 1.54) is 0 Å². The highest BCUT2D eigenvalue weighted by Gasteiger charge is 2.04. The lowest BCUT2D eigenvalue weighted by Gasteiger charge is -2.19. The summed E-state index contributed by atoms with van der Waals surface area (Å²) < 4.78 is 5.70. The van der Waals surface area contributed by atoms with Crippen LogP contribution in [0.1, 0.15) is 5.56 Å². The molecule has 3 nitrogen and oxygen atoms in total. The zero-order chi connectivity index (χ0) is 15.2. The van der Waals surface area contributed by atoms with Crippen LogP contribution < -0.4 is 9.64 Å². The summed E-state index contributed by atoms with van der Waals surface area (Å²) in [6.45, 7) is 0.529. The predicted octanol–water partition coefficient (Wildman–Crippen LogP) is 4.43. The van der Waals surface area contributed by atoms with Crippen molar-refractivity contribution in [3.63, 3.8) is 0 Å². The molecule has 0 bridgehead atoms. The third-order valence-electron chi connectivity index (χ3n) is 3.48. The van der Waals surface area contributed by atoms with Crippen LogP contribution in [0.4, 0.5) is 11.4 Å². The van der Waals surface area contributed by atoms with Gasteiger partial charge in [0.05, 0.1) is 11.9 Å². The third-order valence-corrected chi connectivity index (χ3v) is 3.48. The van der Waals surface area contributed by atoms with E-state index in [0.717, 1.165) is 16.9 Å². The minimum absolute atomic E-state index is 0.529. The van der Waals surface area contributed by atoms with Crippen molar-refractivity contribution in [3.05, 3.63) is 84.6 Å². The van der Waals surface area contributed by atoms with E-state index in [1.54, 1.807) is 0 Å². The van der Waals surface area contributed by atoms with Gasteiger partial charge in [0.2, 0.25) is 5.88 Å². The number of anilines is 2. The molecule has 0 atom stereocenters. The molecule has 0 radical (unpaired) electrons. The van der Waals surface area contributed by atoms with Crippen LogP contribution in [0.5, 0.6) is 5.88 Å². The number of aromatic nitrogens is 1. The Morgan fingerprint density at radius 2 is 1.50 bits per heavy atom. The van der Waals surface area contributed by atoms with Gasteiger partial charge in [0.1, 0.15) is 6.61 Å². The van der Waals surface area contributed by atoms with E-state index in [2.05, 4.69) is 22.0 Å². The normalized spacial score (nSPS) is 10.2. The minimum atomic E-state index is 0.529. The molecule has 0 N–H and O–H groups in total. The summed E-state index contributed by atoms with van der Waals surface area (Å²) in [7, 11) is 2.02. The molecule has 3 rings (SSSR count). The van der Waals surface area contributed by atoms with Gasteiger partial charge in [0.15, 0.2) is 0 Å². The molecular formula is C19H18N2O. The van der Waals surface area contributed by atoms with Crippen LogP contribution >= 0.6 is 0 Å². The molecule has 0 aliphatic rings. The molecule has 0 fully saturated rings. The van der Waals surface area contributed by atoms with Gasteiger partial charge in [-0.1, -0.05) is 48.5 Å². The van der Waals surface area contributed by atoms with Gasteiger partial charge in [-0.05, 0) is 23.8 Å². The smallest absolute Gasteiger partial charge is 0.213 e. The maximum absolute atomic E-state index is 5.70. The molecule has 3 aromatic rings. The monoisotopic (exact) mass is 290 g/mol. The van der Waals surface area contributed by atoms with Gasteiger partial charge in [-0.15, -0.1) is 0 Å². The second-order valence-electron chi connectivity index (χ2n) is 5.02. The number of benzene rings is 2. The molecular weight excluding hydrogens is 272 g/mol. The Morgan fingerprint density at radius 3 is 2.14 bits per heavy atom. The zero-order valence-corrected chi connectivity index (χ0v) is 12.5. The fourth-order valence-electron chi connectivity index (χ4n) is 2.19. The van der Waals surface area contributed by atoms with Gasteiger partial charge >= 0.3 is 0 Å². The largest absolute Gasteiger partial charge is 0.473 e. The Labute approximate surface area is 130 Å². The quantitative estimate of drug-likeness (QED) is 0.695. The Kier molecular flexibility index (Phi) is 4.35. The number of hydrogen-bond donors (Lipinski definition) is 0. The average molecular weight is 290 g/mol. The fourth-order valence-corrected chi connectivity index (χ4v) is 2.19. The topological polar surface area (TPSA) is 25.4 Å². The molecule has 0 amide bonds. The fraction of sp³-hybridized carbons (Fsp3) is 0.105. The molecule has 110 valence electrons. The number of ether oxygens (including phenoxy) is 1. The van der Waals surface area contributed by atoms with Crippen LogP contribution in [0.3, 0.4) is 0 Å². The van der Waals surface area contributed by atoms with E-state index in [1.807, 2.05) is 73.9 Å². The Bertz CT molecular complexity index is 697. The predicted molar refractivity (Wildman–Crippen MR) is 89.5 cm³/mol. The Hall–Kier alpha value is -2.81. The molecule has 22 heavy (non-hydrogen) atoms. The molecule has 0 spiro atoms. The number of nitrogens with zero attached hydrogens (tertiary/aromatic N) is 2. The van der Waals surface area contributed by atoms with E-state index in [4.69, 9.17) is 4.74 Å². The van der Waals surface area contributed by atoms with Crippen LogP contribution in [0, 0.1) is 0 Å². The van der Waals surface area contributed by atoms with Gasteiger partial charge in [-0.25, -0.2) is 4.98 Å². The second-order valence-corrected chi connectivity index (χ2v) is 5.02. The summed E-state index contributed by atoms with van der Waals surface area (Å²) in [4.78, 5) is 6.47. The first kappa shape index (κ1) is 14.1. The molecule has 0 unspecified atom stereocenters. The van der Waals surface area contributed by atoms with Gasteiger partial charge < -0.3 is 9.64 Å². The summed E-state index contributed by atoms with van der Waals surface area (Å²) in [6.07, 6.45) is 1.83. The van der Waals surface area contributed by atoms with Crippen LogP contribution in [0.15, 0.2) is 79.0 Å². The molecule has 0 aliphatic heterocycles. The summed E-state index contributed by atoms with van der Waals surface area (Å²) in [5.74, 6) is 0.633. The number of para-hydroxylation sites is 1. The Morgan fingerprint density at radius 1 is 0.818 bits per heavy atom. The summed E-state index contributed by atoms with van der Waals surface area (Å²) in [5, 5.41) is 0. The first-order valence-electron chi connectivity index (χ1n) is 7.24. The van der Waals surface area contributed by atoms with E-state index in [9.17, 15) is 0 Å². The summed E-state index contributed by atoms with van der Waals surface area (Å²) >= 11 is 0. The van der Waals surface area contributed by atoms with Crippen molar-refractivity contribution >= 4 is 11.4 Å². The van der Waals surface area contributed by atoms with Crippen molar-refractivity contribution in [2.24, 2.45) is 0 Å². The summed E-state index contributed by atoms with van der Waals surface area (Å²) in [5.41, 5.74) is 3.29. The van der Waals surface area contributed by atoms with Crippen molar-refractivity contribution in [1.29, 1.82) is 0 Å². The first-order valence-corrected chi connectivity index (χ1v) is 7.24. The number of hydrogen-bond acceptors (Lipinski definition) is 3. The molecule has 1 aromatic heterocycles. The van der Waals surface area contributed by atoms with Crippen molar-refractivity contribution < 1.29 is 4.74 Å². The van der Waals surface area contributed by atoms with Crippen molar-refractivity contribution in [3.8, 4) is 5.88 Å². The Balaban J connectivity index is 1.65. The van der Waals surface area contributed by atoms with Gasteiger partial charge in [-0.2, -0.15) is 0 Å². The van der Waals surface area contributed by atoms with Crippen LogP contribution in [0.2, 0.25) is 0 Å². The zero-order valence-electron chi connectivity index (χ0n) is 12.5. The van der Waals surface area contributed by atoms with Crippen LogP contribution in [-0.4, -0.2) is 12.0 Å². The minimum Gasteiger partial charge on any atom is -0.473 e. The van der Waals surface area contributed by atoms with E-state index < -0.39 is 0 Å².